The summed E-state index contributed by atoms with van der Waals surface area (Å²) in [6, 6.07) is 0. The van der Waals surface area contributed by atoms with Crippen LogP contribution in [0.1, 0.15) is 56.3 Å². The number of hydrogen-bond acceptors (Lipinski definition) is 5. The molecular formula is C18H27N5O2. The quantitative estimate of drug-likeness (QED) is 0.803. The molecule has 25 heavy (non-hydrogen) atoms. The highest BCUT2D eigenvalue weighted by Gasteiger charge is 2.28. The van der Waals surface area contributed by atoms with Gasteiger partial charge in [-0.2, -0.15) is 10.1 Å². The summed E-state index contributed by atoms with van der Waals surface area (Å²) in [5.74, 6) is 2.30. The Hall–Kier alpha value is -2.18. The Morgan fingerprint density at radius 3 is 3.00 bits per heavy atom. The first-order valence-electron chi connectivity index (χ1n) is 9.09. The molecule has 0 bridgehead atoms. The third kappa shape index (κ3) is 4.67. The van der Waals surface area contributed by atoms with Gasteiger partial charge >= 0.3 is 0 Å². The summed E-state index contributed by atoms with van der Waals surface area (Å²) in [5, 5.41) is 8.23. The number of rotatable bonds is 6. The molecule has 0 aliphatic carbocycles. The number of amides is 1. The molecule has 1 saturated heterocycles. The van der Waals surface area contributed by atoms with E-state index in [0.717, 1.165) is 43.6 Å². The summed E-state index contributed by atoms with van der Waals surface area (Å²) in [4.78, 5) is 19.0. The number of piperidine rings is 1. The molecule has 2 aromatic rings. The second-order valence-corrected chi connectivity index (χ2v) is 7.35. The molecule has 0 aromatic carbocycles. The van der Waals surface area contributed by atoms with Gasteiger partial charge in [-0.3, -0.25) is 9.48 Å². The molecule has 2 aromatic heterocycles. The van der Waals surface area contributed by atoms with Crippen LogP contribution >= 0.6 is 0 Å². The van der Waals surface area contributed by atoms with Crippen LogP contribution in [0, 0.1) is 5.92 Å². The summed E-state index contributed by atoms with van der Waals surface area (Å²) in [7, 11) is 1.89. The van der Waals surface area contributed by atoms with Crippen LogP contribution in [-0.4, -0.2) is 43.8 Å². The fourth-order valence-corrected chi connectivity index (χ4v) is 3.30. The van der Waals surface area contributed by atoms with Crippen molar-refractivity contribution in [2.45, 2.75) is 51.9 Å². The first-order valence-corrected chi connectivity index (χ1v) is 9.09. The van der Waals surface area contributed by atoms with Gasteiger partial charge in [0.2, 0.25) is 11.8 Å². The lowest BCUT2D eigenvalue weighted by atomic mass is 9.97. The van der Waals surface area contributed by atoms with Crippen molar-refractivity contribution in [3.05, 3.63) is 29.7 Å². The fraction of sp³-hybridized carbons (Fsp3) is 0.667. The highest BCUT2D eigenvalue weighted by atomic mass is 16.5. The molecular weight excluding hydrogens is 318 g/mol. The van der Waals surface area contributed by atoms with Gasteiger partial charge in [-0.25, -0.2) is 0 Å². The van der Waals surface area contributed by atoms with Crippen molar-refractivity contribution in [3.63, 3.8) is 0 Å². The van der Waals surface area contributed by atoms with Crippen molar-refractivity contribution in [2.75, 3.05) is 13.1 Å². The zero-order valence-electron chi connectivity index (χ0n) is 15.3. The molecule has 1 atom stereocenters. The maximum Gasteiger partial charge on any atom is 0.231 e. The number of likely N-dealkylation sites (tertiary alicyclic amines) is 1. The van der Waals surface area contributed by atoms with Crippen molar-refractivity contribution in [1.29, 1.82) is 0 Å². The Morgan fingerprint density at radius 1 is 1.44 bits per heavy atom. The number of carbonyl (C=O) groups is 1. The molecule has 7 nitrogen and oxygen atoms in total. The van der Waals surface area contributed by atoms with Crippen molar-refractivity contribution >= 4 is 5.91 Å². The highest BCUT2D eigenvalue weighted by molar-refractivity contribution is 5.76. The van der Waals surface area contributed by atoms with Gasteiger partial charge in [0.05, 0.1) is 12.1 Å². The monoisotopic (exact) mass is 345 g/mol. The van der Waals surface area contributed by atoms with Crippen molar-refractivity contribution < 1.29 is 9.32 Å². The summed E-state index contributed by atoms with van der Waals surface area (Å²) in [6.07, 6.45) is 7.82. The van der Waals surface area contributed by atoms with Gasteiger partial charge in [0.1, 0.15) is 0 Å². The topological polar surface area (TPSA) is 77.0 Å². The Labute approximate surface area is 148 Å². The molecule has 0 unspecified atom stereocenters. The van der Waals surface area contributed by atoms with E-state index in [1.54, 1.807) is 4.68 Å². The molecule has 1 amide bonds. The zero-order valence-corrected chi connectivity index (χ0v) is 15.3. The SMILES string of the molecule is CC(C)Cc1noc([C@@H]2CCCN(C(=O)CCc3cnn(C)c3)C2)n1. The summed E-state index contributed by atoms with van der Waals surface area (Å²) >= 11 is 0. The molecule has 136 valence electrons. The van der Waals surface area contributed by atoms with Crippen molar-refractivity contribution in [1.82, 2.24) is 24.8 Å². The van der Waals surface area contributed by atoms with Crippen LogP contribution in [0.5, 0.6) is 0 Å². The summed E-state index contributed by atoms with van der Waals surface area (Å²) in [6.45, 7) is 5.77. The third-order valence-corrected chi connectivity index (χ3v) is 4.58. The van der Waals surface area contributed by atoms with Crippen LogP contribution in [0.25, 0.3) is 0 Å². The number of nitrogens with zero attached hydrogens (tertiary/aromatic N) is 5. The van der Waals surface area contributed by atoms with Gasteiger partial charge in [-0.05, 0) is 30.7 Å². The average molecular weight is 345 g/mol. The number of hydrogen-bond donors (Lipinski definition) is 0. The van der Waals surface area contributed by atoms with Crippen LogP contribution in [0.4, 0.5) is 0 Å². The van der Waals surface area contributed by atoms with Gasteiger partial charge < -0.3 is 9.42 Å². The van der Waals surface area contributed by atoms with E-state index < -0.39 is 0 Å². The van der Waals surface area contributed by atoms with E-state index in [4.69, 9.17) is 4.52 Å². The van der Waals surface area contributed by atoms with E-state index in [1.165, 1.54) is 0 Å². The Morgan fingerprint density at radius 2 is 2.28 bits per heavy atom. The molecule has 0 saturated carbocycles. The highest BCUT2D eigenvalue weighted by Crippen LogP contribution is 2.26. The Bertz CT molecular complexity index is 706. The summed E-state index contributed by atoms with van der Waals surface area (Å²) < 4.78 is 7.22. The molecule has 1 aliphatic rings. The number of carbonyl (C=O) groups excluding carboxylic acids is 1. The standard InChI is InChI=1S/C18H27N5O2/c1-13(2)9-16-20-18(25-21-16)15-5-4-8-23(12-15)17(24)7-6-14-10-19-22(3)11-14/h10-11,13,15H,4-9,12H2,1-3H3/t15-/m1/s1. The van der Waals surface area contributed by atoms with Crippen LogP contribution in [0.2, 0.25) is 0 Å². The second kappa shape index (κ2) is 7.80. The van der Waals surface area contributed by atoms with Gasteiger partial charge in [-0.15, -0.1) is 0 Å². The minimum atomic E-state index is 0.157. The Kier molecular flexibility index (Phi) is 5.50. The average Bonchev–Trinajstić information content (AvgIpc) is 3.21. The number of aryl methyl sites for hydroxylation is 2. The zero-order chi connectivity index (χ0) is 17.8. The van der Waals surface area contributed by atoms with E-state index in [1.807, 2.05) is 24.3 Å². The van der Waals surface area contributed by atoms with E-state index in [-0.39, 0.29) is 11.8 Å². The van der Waals surface area contributed by atoms with Crippen LogP contribution in [0.3, 0.4) is 0 Å². The molecule has 0 radical (unpaired) electrons. The molecule has 1 aliphatic heterocycles. The maximum absolute atomic E-state index is 12.5. The predicted molar refractivity (Wildman–Crippen MR) is 92.9 cm³/mol. The largest absolute Gasteiger partial charge is 0.342 e. The van der Waals surface area contributed by atoms with Gasteiger partial charge in [0.15, 0.2) is 5.82 Å². The van der Waals surface area contributed by atoms with Gasteiger partial charge in [-0.1, -0.05) is 19.0 Å². The van der Waals surface area contributed by atoms with E-state index in [2.05, 4.69) is 29.1 Å². The smallest absolute Gasteiger partial charge is 0.231 e. The first kappa shape index (κ1) is 17.6. The maximum atomic E-state index is 12.5. The number of aromatic nitrogens is 4. The molecule has 1 fully saturated rings. The van der Waals surface area contributed by atoms with Crippen LogP contribution in [-0.2, 0) is 24.7 Å². The summed E-state index contributed by atoms with van der Waals surface area (Å²) in [5.41, 5.74) is 1.10. The van der Waals surface area contributed by atoms with Crippen LogP contribution in [0.15, 0.2) is 16.9 Å². The van der Waals surface area contributed by atoms with Gasteiger partial charge in [0, 0.05) is 39.2 Å². The van der Waals surface area contributed by atoms with Crippen molar-refractivity contribution in [2.24, 2.45) is 13.0 Å². The molecule has 3 rings (SSSR count). The van der Waals surface area contributed by atoms with Crippen LogP contribution < -0.4 is 0 Å². The molecule has 0 N–H and O–H groups in total. The minimum Gasteiger partial charge on any atom is -0.342 e. The van der Waals surface area contributed by atoms with Gasteiger partial charge in [0.25, 0.3) is 0 Å². The predicted octanol–water partition coefficient (Wildman–Crippen LogP) is 2.34. The Balaban J connectivity index is 1.55. The molecule has 3 heterocycles. The normalized spacial score (nSPS) is 18.1. The lowest BCUT2D eigenvalue weighted by molar-refractivity contribution is -0.132. The second-order valence-electron chi connectivity index (χ2n) is 7.35. The van der Waals surface area contributed by atoms with Crippen molar-refractivity contribution in [3.8, 4) is 0 Å². The lowest BCUT2D eigenvalue weighted by Gasteiger charge is -2.31. The molecule has 7 heteroatoms. The fourth-order valence-electron chi connectivity index (χ4n) is 3.30. The first-order chi connectivity index (χ1) is 12.0. The third-order valence-electron chi connectivity index (χ3n) is 4.58. The molecule has 0 spiro atoms. The van der Waals surface area contributed by atoms with E-state index in [0.29, 0.717) is 24.8 Å². The lowest BCUT2D eigenvalue weighted by Crippen LogP contribution is -2.39. The van der Waals surface area contributed by atoms with E-state index >= 15 is 0 Å². The minimum absolute atomic E-state index is 0.157. The van der Waals surface area contributed by atoms with E-state index in [9.17, 15) is 4.79 Å².